The Kier molecular flexibility index (Phi) is 13.4. The lowest BCUT2D eigenvalue weighted by Crippen LogP contribution is -2.34. The van der Waals surface area contributed by atoms with E-state index in [0.717, 1.165) is 56.0 Å². The molecule has 0 radical (unpaired) electrons. The first kappa shape index (κ1) is 42.3. The molecule has 3 heterocycles. The van der Waals surface area contributed by atoms with E-state index in [4.69, 9.17) is 5.11 Å². The molecule has 3 aliphatic rings. The Labute approximate surface area is 364 Å². The summed E-state index contributed by atoms with van der Waals surface area (Å²) in [5.41, 5.74) is 10.2. The van der Waals surface area contributed by atoms with Crippen molar-refractivity contribution in [2.24, 2.45) is 5.10 Å². The van der Waals surface area contributed by atoms with E-state index in [2.05, 4.69) is 154 Å². The second kappa shape index (κ2) is 19.6. The number of nitrogens with one attached hydrogen (secondary N) is 3. The quantitative estimate of drug-likeness (QED) is 0.0850. The van der Waals surface area contributed by atoms with Crippen LogP contribution in [0.1, 0.15) is 91.5 Å². The second-order valence-corrected chi connectivity index (χ2v) is 16.8. The van der Waals surface area contributed by atoms with E-state index in [1.807, 2.05) is 12.1 Å². The molecule has 9 rings (SSSR count). The summed E-state index contributed by atoms with van der Waals surface area (Å²) in [6.45, 7) is 8.43. The molecule has 0 unspecified atom stereocenters. The number of fused-ring (bicyclic) bond motifs is 2. The van der Waals surface area contributed by atoms with Gasteiger partial charge in [-0.15, -0.1) is 0 Å². The van der Waals surface area contributed by atoms with Gasteiger partial charge in [0.15, 0.2) is 5.78 Å². The molecule has 62 heavy (non-hydrogen) atoms. The first-order chi connectivity index (χ1) is 30.2. The number of nitrogens with zero attached hydrogens (tertiary/aromatic N) is 3. The van der Waals surface area contributed by atoms with Gasteiger partial charge in [0.2, 0.25) is 5.91 Å². The Morgan fingerprint density at radius 3 is 1.66 bits per heavy atom. The Morgan fingerprint density at radius 2 is 1.16 bits per heavy atom. The molecule has 0 saturated carbocycles. The van der Waals surface area contributed by atoms with Crippen molar-refractivity contribution < 1.29 is 19.5 Å². The fraction of sp³-hybridized carbons (Fsp3) is 0.308. The van der Waals surface area contributed by atoms with Gasteiger partial charge in [0.1, 0.15) is 0 Å². The van der Waals surface area contributed by atoms with Gasteiger partial charge in [-0.2, -0.15) is 5.10 Å². The predicted molar refractivity (Wildman–Crippen MR) is 250 cm³/mol. The first-order valence-electron chi connectivity index (χ1n) is 22.0. The molecule has 1 amide bonds. The average Bonchev–Trinajstić information content (AvgIpc) is 3.98. The lowest BCUT2D eigenvalue weighted by Gasteiger charge is -2.23. The highest BCUT2D eigenvalue weighted by molar-refractivity contribution is 6.04. The number of rotatable bonds is 13. The number of hydrogen-bond acceptors (Lipinski definition) is 8. The number of carboxylic acids is 1. The standard InChI is InChI=1S/C26H28N4O.C26H28N2O3/c1-18(23-8-4-6-19-5-2-3-7-24(19)23)27-21-15-16-30(17-21)22-11-9-20(10-12-22)25-13-14-26(31)29-28-25;1-18(23-8-4-6-19-5-2-3-7-24(19)23)27-21-15-16-28(17-21)22-11-9-20(10-12-22)25(29)13-14-26(30)31/h2-12,18,21,27H,13-17H2,1H3,(H,29,31);2-12,18,21,27H,13-17H2,1H3,(H,30,31)/t2*18-,21+/m11/s1. The Hall–Kier alpha value is -6.36. The first-order valence-corrected chi connectivity index (χ1v) is 22.0. The lowest BCUT2D eigenvalue weighted by atomic mass is 9.99. The van der Waals surface area contributed by atoms with E-state index < -0.39 is 5.97 Å². The highest BCUT2D eigenvalue weighted by Crippen LogP contribution is 2.29. The van der Waals surface area contributed by atoms with Crippen molar-refractivity contribution in [1.82, 2.24) is 16.1 Å². The summed E-state index contributed by atoms with van der Waals surface area (Å²) < 4.78 is 0. The fourth-order valence-corrected chi connectivity index (χ4v) is 9.17. The number of hydrazone groups is 1. The Bertz CT molecular complexity index is 2550. The Morgan fingerprint density at radius 1 is 0.661 bits per heavy atom. The fourth-order valence-electron chi connectivity index (χ4n) is 9.17. The van der Waals surface area contributed by atoms with Gasteiger partial charge < -0.3 is 25.5 Å². The molecule has 2 saturated heterocycles. The highest BCUT2D eigenvalue weighted by Gasteiger charge is 2.26. The molecule has 0 aliphatic carbocycles. The lowest BCUT2D eigenvalue weighted by molar-refractivity contribution is -0.137. The van der Waals surface area contributed by atoms with Crippen LogP contribution in [0.2, 0.25) is 0 Å². The summed E-state index contributed by atoms with van der Waals surface area (Å²) in [6.07, 6.45) is 3.32. The van der Waals surface area contributed by atoms with Crippen molar-refractivity contribution in [2.45, 2.75) is 76.5 Å². The second-order valence-electron chi connectivity index (χ2n) is 16.8. The van der Waals surface area contributed by atoms with E-state index in [1.54, 1.807) is 12.1 Å². The van der Waals surface area contributed by atoms with Crippen LogP contribution < -0.4 is 25.9 Å². The third kappa shape index (κ3) is 10.2. The normalized spacial score (nSPS) is 18.5. The zero-order valence-corrected chi connectivity index (χ0v) is 35.6. The van der Waals surface area contributed by atoms with Gasteiger partial charge in [0.25, 0.3) is 0 Å². The minimum Gasteiger partial charge on any atom is -0.481 e. The maximum atomic E-state index is 12.1. The van der Waals surface area contributed by atoms with Crippen molar-refractivity contribution in [3.8, 4) is 0 Å². The minimum absolute atomic E-state index is 0.00583. The zero-order valence-electron chi connectivity index (χ0n) is 35.6. The number of carbonyl (C=O) groups is 3. The molecule has 3 aliphatic heterocycles. The van der Waals surface area contributed by atoms with E-state index >= 15 is 0 Å². The van der Waals surface area contributed by atoms with E-state index in [9.17, 15) is 14.4 Å². The molecular weight excluding hydrogens is 773 g/mol. The zero-order chi connectivity index (χ0) is 43.0. The number of aliphatic carboxylic acids is 1. The van der Waals surface area contributed by atoms with Crippen molar-refractivity contribution in [2.75, 3.05) is 36.0 Å². The van der Waals surface area contributed by atoms with Gasteiger partial charge in [-0.25, -0.2) is 5.43 Å². The van der Waals surface area contributed by atoms with Crippen molar-refractivity contribution in [3.05, 3.63) is 156 Å². The van der Waals surface area contributed by atoms with Gasteiger partial charge in [-0.05, 0) is 101 Å². The summed E-state index contributed by atoms with van der Waals surface area (Å²) in [5.74, 6) is -1.08. The van der Waals surface area contributed by atoms with Crippen LogP contribution in [0.3, 0.4) is 0 Å². The van der Waals surface area contributed by atoms with Crippen LogP contribution >= 0.6 is 0 Å². The summed E-state index contributed by atoms with van der Waals surface area (Å²) >= 11 is 0. The summed E-state index contributed by atoms with van der Waals surface area (Å²) in [6, 6.07) is 47.7. The number of hydrogen-bond donors (Lipinski definition) is 4. The molecule has 318 valence electrons. The van der Waals surface area contributed by atoms with Crippen LogP contribution in [-0.2, 0) is 9.59 Å². The van der Waals surface area contributed by atoms with E-state index in [0.29, 0.717) is 36.5 Å². The molecular formula is C52H56N6O4. The summed E-state index contributed by atoms with van der Waals surface area (Å²) in [5, 5.41) is 25.8. The van der Waals surface area contributed by atoms with Crippen molar-refractivity contribution >= 4 is 56.3 Å². The molecule has 4 atom stereocenters. The van der Waals surface area contributed by atoms with Crippen LogP contribution in [-0.4, -0.2) is 66.7 Å². The van der Waals surface area contributed by atoms with Gasteiger partial charge >= 0.3 is 5.97 Å². The Balaban J connectivity index is 0.000000171. The molecule has 4 N–H and O–H groups in total. The third-order valence-electron chi connectivity index (χ3n) is 12.5. The summed E-state index contributed by atoms with van der Waals surface area (Å²) in [7, 11) is 0. The van der Waals surface area contributed by atoms with E-state index in [-0.39, 0.29) is 30.6 Å². The monoisotopic (exact) mass is 828 g/mol. The smallest absolute Gasteiger partial charge is 0.303 e. The maximum Gasteiger partial charge on any atom is 0.303 e. The van der Waals surface area contributed by atoms with Gasteiger partial charge in [0.05, 0.1) is 12.1 Å². The number of ketones is 1. The van der Waals surface area contributed by atoms with Crippen LogP contribution in [0.15, 0.2) is 139 Å². The maximum absolute atomic E-state index is 12.1. The molecule has 2 fully saturated rings. The number of carboxylic acid groups (broad SMARTS) is 1. The SMILES string of the molecule is C[C@@H](N[C@H]1CCN(c2ccc(C(=O)CCC(=O)O)cc2)C1)c1cccc2ccccc12.C[C@@H](N[C@H]1CCN(c2ccc(C3=NNC(=O)CC3)cc2)C1)c1cccc2ccccc12. The molecule has 10 nitrogen and oxygen atoms in total. The summed E-state index contributed by atoms with van der Waals surface area (Å²) in [4.78, 5) is 38.8. The van der Waals surface area contributed by atoms with Crippen LogP contribution in [0.4, 0.5) is 11.4 Å². The number of carbonyl (C=O) groups excluding carboxylic acids is 2. The molecule has 0 bridgehead atoms. The molecule has 10 heteroatoms. The van der Waals surface area contributed by atoms with E-state index in [1.165, 1.54) is 38.4 Å². The number of anilines is 2. The predicted octanol–water partition coefficient (Wildman–Crippen LogP) is 9.20. The number of Topliss-reactive ketones (excluding diaryl/α,β-unsaturated/α-hetero) is 1. The van der Waals surface area contributed by atoms with Gasteiger partial charge in [-0.1, -0.05) is 97.1 Å². The molecule has 6 aromatic carbocycles. The number of amides is 1. The molecule has 0 aromatic heterocycles. The van der Waals surface area contributed by atoms with Crippen molar-refractivity contribution in [3.63, 3.8) is 0 Å². The van der Waals surface area contributed by atoms with Gasteiger partial charge in [0, 0.05) is 86.5 Å². The van der Waals surface area contributed by atoms with Crippen LogP contribution in [0.25, 0.3) is 21.5 Å². The number of benzene rings is 6. The average molecular weight is 829 g/mol. The molecule has 6 aromatic rings. The highest BCUT2D eigenvalue weighted by atomic mass is 16.4. The molecule has 0 spiro atoms. The van der Waals surface area contributed by atoms with Crippen molar-refractivity contribution in [1.29, 1.82) is 0 Å². The van der Waals surface area contributed by atoms with Crippen LogP contribution in [0, 0.1) is 0 Å². The third-order valence-corrected chi connectivity index (χ3v) is 12.5. The minimum atomic E-state index is -0.946. The largest absolute Gasteiger partial charge is 0.481 e. The van der Waals surface area contributed by atoms with Gasteiger partial charge in [-0.3, -0.25) is 14.4 Å². The van der Waals surface area contributed by atoms with Crippen LogP contribution in [0.5, 0.6) is 0 Å². The topological polar surface area (TPSA) is 126 Å².